The summed E-state index contributed by atoms with van der Waals surface area (Å²) in [5.74, 6) is 2.19. The van der Waals surface area contributed by atoms with Crippen molar-refractivity contribution in [3.8, 4) is 17.2 Å². The molecule has 0 bridgehead atoms. The molecule has 0 aliphatic rings. The Morgan fingerprint density at radius 3 is 2.12 bits per heavy atom. The quantitative estimate of drug-likeness (QED) is 0.710. The van der Waals surface area contributed by atoms with Crippen LogP contribution in [0, 0.1) is 5.92 Å². The molecule has 24 heavy (non-hydrogen) atoms. The van der Waals surface area contributed by atoms with Gasteiger partial charge >= 0.3 is 0 Å². The first-order chi connectivity index (χ1) is 11.4. The smallest absolute Gasteiger partial charge is 0.249 e. The van der Waals surface area contributed by atoms with Gasteiger partial charge in [0.2, 0.25) is 5.91 Å². The first-order valence-corrected chi connectivity index (χ1v) is 8.11. The van der Waals surface area contributed by atoms with Crippen LogP contribution in [0.25, 0.3) is 0 Å². The Labute approximate surface area is 144 Å². The van der Waals surface area contributed by atoms with E-state index < -0.39 is 6.10 Å². The molecule has 1 N–H and O–H groups in total. The Morgan fingerprint density at radius 1 is 1.00 bits per heavy atom. The van der Waals surface area contributed by atoms with Gasteiger partial charge in [0.25, 0.3) is 0 Å². The lowest BCUT2D eigenvalue weighted by Crippen LogP contribution is -2.34. The van der Waals surface area contributed by atoms with Gasteiger partial charge in [-0.15, -0.1) is 0 Å². The summed E-state index contributed by atoms with van der Waals surface area (Å²) in [4.78, 5) is 12.1. The van der Waals surface area contributed by atoms with Gasteiger partial charge in [-0.25, -0.2) is 0 Å². The van der Waals surface area contributed by atoms with Gasteiger partial charge in [-0.1, -0.05) is 13.8 Å². The first-order valence-electron chi connectivity index (χ1n) is 8.11. The molecule has 136 valence electrons. The molecular weight excluding hydrogens is 310 g/mol. The normalized spacial score (nSPS) is 12.0. The van der Waals surface area contributed by atoms with Crippen molar-refractivity contribution in [1.82, 2.24) is 5.32 Å². The maximum Gasteiger partial charge on any atom is 0.249 e. The van der Waals surface area contributed by atoms with E-state index in [-0.39, 0.29) is 5.91 Å². The number of ether oxygens (including phenoxy) is 4. The Bertz CT molecular complexity index is 530. The van der Waals surface area contributed by atoms with Crippen LogP contribution < -0.4 is 19.5 Å². The van der Waals surface area contributed by atoms with Crippen LogP contribution in [0.5, 0.6) is 17.2 Å². The topological polar surface area (TPSA) is 66.0 Å². The number of nitrogens with one attached hydrogen (secondary N) is 1. The molecule has 0 saturated carbocycles. The summed E-state index contributed by atoms with van der Waals surface area (Å²) in [6, 6.07) is 3.53. The predicted molar refractivity (Wildman–Crippen MR) is 92.8 cm³/mol. The van der Waals surface area contributed by atoms with Crippen LogP contribution in [0.15, 0.2) is 12.1 Å². The van der Waals surface area contributed by atoms with E-state index in [0.29, 0.717) is 36.3 Å². The molecule has 6 nitrogen and oxygen atoms in total. The van der Waals surface area contributed by atoms with Gasteiger partial charge in [-0.05, 0) is 25.3 Å². The molecule has 0 aliphatic carbocycles. The zero-order valence-corrected chi connectivity index (χ0v) is 15.5. The molecule has 0 saturated heterocycles. The monoisotopic (exact) mass is 339 g/mol. The molecule has 1 rings (SSSR count). The van der Waals surface area contributed by atoms with Crippen LogP contribution in [-0.4, -0.2) is 39.9 Å². The number of carbonyl (C=O) groups excluding carboxylic acids is 1. The number of hydrogen-bond acceptors (Lipinski definition) is 5. The summed E-state index contributed by atoms with van der Waals surface area (Å²) in [5.41, 5.74) is 0.804. The van der Waals surface area contributed by atoms with E-state index in [0.717, 1.165) is 12.0 Å². The Morgan fingerprint density at radius 2 is 1.58 bits per heavy atom. The summed E-state index contributed by atoms with van der Waals surface area (Å²) >= 11 is 0. The van der Waals surface area contributed by atoms with Gasteiger partial charge in [0, 0.05) is 24.8 Å². The predicted octanol–water partition coefficient (Wildman–Crippen LogP) is 2.78. The van der Waals surface area contributed by atoms with Crippen LogP contribution in [0.2, 0.25) is 0 Å². The van der Waals surface area contributed by atoms with Crippen molar-refractivity contribution in [3.63, 3.8) is 0 Å². The Kier molecular flexibility index (Phi) is 8.40. The number of amides is 1. The fraction of sp³-hybridized carbons (Fsp3) is 0.611. The molecule has 0 radical (unpaired) electrons. The lowest BCUT2D eigenvalue weighted by molar-refractivity contribution is -0.132. The molecule has 1 unspecified atom stereocenters. The number of rotatable bonds is 10. The van der Waals surface area contributed by atoms with Crippen molar-refractivity contribution in [2.24, 2.45) is 5.92 Å². The summed E-state index contributed by atoms with van der Waals surface area (Å²) in [5, 5.41) is 2.86. The highest BCUT2D eigenvalue weighted by Crippen LogP contribution is 2.34. The molecule has 1 atom stereocenters. The molecule has 0 fully saturated rings. The highest BCUT2D eigenvalue weighted by atomic mass is 16.5. The van der Waals surface area contributed by atoms with Crippen LogP contribution in [-0.2, 0) is 16.1 Å². The SMILES string of the molecule is COc1cc(OC)c(OC)cc1CNC(=O)C(C)OCCC(C)C. The number of benzene rings is 1. The molecule has 0 aromatic heterocycles. The summed E-state index contributed by atoms with van der Waals surface area (Å²) in [6.07, 6.45) is 0.441. The van der Waals surface area contributed by atoms with Gasteiger partial charge in [0.1, 0.15) is 11.9 Å². The van der Waals surface area contributed by atoms with Gasteiger partial charge in [0.05, 0.1) is 21.3 Å². The molecule has 0 aliphatic heterocycles. The molecular formula is C18H29NO5. The average Bonchev–Trinajstić information content (AvgIpc) is 2.58. The maximum atomic E-state index is 12.1. The second-order valence-corrected chi connectivity index (χ2v) is 5.93. The number of methoxy groups -OCH3 is 3. The van der Waals surface area contributed by atoms with Crippen molar-refractivity contribution in [3.05, 3.63) is 17.7 Å². The third kappa shape index (κ3) is 5.92. The number of hydrogen-bond donors (Lipinski definition) is 1. The molecule has 1 aromatic carbocycles. The van der Waals surface area contributed by atoms with E-state index in [9.17, 15) is 4.79 Å². The molecule has 0 heterocycles. The van der Waals surface area contributed by atoms with Crippen molar-refractivity contribution in [1.29, 1.82) is 0 Å². The summed E-state index contributed by atoms with van der Waals surface area (Å²) < 4.78 is 21.4. The minimum absolute atomic E-state index is 0.157. The van der Waals surface area contributed by atoms with Crippen molar-refractivity contribution in [2.75, 3.05) is 27.9 Å². The molecule has 0 spiro atoms. The largest absolute Gasteiger partial charge is 0.496 e. The third-order valence-electron chi connectivity index (χ3n) is 3.67. The standard InChI is InChI=1S/C18H29NO5/c1-12(2)7-8-24-13(3)18(20)19-11-14-9-16(22-5)17(23-6)10-15(14)21-4/h9-10,12-13H,7-8,11H2,1-6H3,(H,19,20). The van der Waals surface area contributed by atoms with Crippen molar-refractivity contribution in [2.45, 2.75) is 39.8 Å². The molecule has 1 amide bonds. The van der Waals surface area contributed by atoms with Gasteiger partial charge < -0.3 is 24.3 Å². The van der Waals surface area contributed by atoms with Crippen LogP contribution in [0.4, 0.5) is 0 Å². The van der Waals surface area contributed by atoms with E-state index in [4.69, 9.17) is 18.9 Å². The summed E-state index contributed by atoms with van der Waals surface area (Å²) in [6.45, 7) is 6.89. The van der Waals surface area contributed by atoms with E-state index in [2.05, 4.69) is 19.2 Å². The lowest BCUT2D eigenvalue weighted by Gasteiger charge is -2.17. The number of carbonyl (C=O) groups is 1. The van der Waals surface area contributed by atoms with Crippen LogP contribution >= 0.6 is 0 Å². The second-order valence-electron chi connectivity index (χ2n) is 5.93. The van der Waals surface area contributed by atoms with Crippen molar-refractivity contribution >= 4 is 5.91 Å². The highest BCUT2D eigenvalue weighted by molar-refractivity contribution is 5.80. The minimum atomic E-state index is -0.491. The third-order valence-corrected chi connectivity index (χ3v) is 3.67. The van der Waals surface area contributed by atoms with Crippen LogP contribution in [0.3, 0.4) is 0 Å². The lowest BCUT2D eigenvalue weighted by atomic mass is 10.1. The van der Waals surface area contributed by atoms with E-state index in [1.165, 1.54) is 0 Å². The second kappa shape index (κ2) is 10.0. The fourth-order valence-electron chi connectivity index (χ4n) is 2.11. The zero-order valence-electron chi connectivity index (χ0n) is 15.5. The minimum Gasteiger partial charge on any atom is -0.496 e. The maximum absolute atomic E-state index is 12.1. The van der Waals surface area contributed by atoms with E-state index >= 15 is 0 Å². The average molecular weight is 339 g/mol. The first kappa shape index (κ1) is 20.1. The Hall–Kier alpha value is -1.95. The van der Waals surface area contributed by atoms with Crippen LogP contribution in [0.1, 0.15) is 32.8 Å². The van der Waals surface area contributed by atoms with Gasteiger partial charge in [-0.2, -0.15) is 0 Å². The molecule has 1 aromatic rings. The van der Waals surface area contributed by atoms with Crippen molar-refractivity contribution < 1.29 is 23.7 Å². The fourth-order valence-corrected chi connectivity index (χ4v) is 2.11. The van der Waals surface area contributed by atoms with E-state index in [1.807, 2.05) is 0 Å². The zero-order chi connectivity index (χ0) is 18.1. The van der Waals surface area contributed by atoms with E-state index in [1.54, 1.807) is 40.4 Å². The highest BCUT2D eigenvalue weighted by Gasteiger charge is 2.16. The Balaban J connectivity index is 2.67. The van der Waals surface area contributed by atoms with Gasteiger partial charge in [0.15, 0.2) is 11.5 Å². The van der Waals surface area contributed by atoms with Gasteiger partial charge in [-0.3, -0.25) is 4.79 Å². The molecule has 6 heteroatoms. The summed E-state index contributed by atoms with van der Waals surface area (Å²) in [7, 11) is 4.70.